The summed E-state index contributed by atoms with van der Waals surface area (Å²) in [6.45, 7) is 25.8. The van der Waals surface area contributed by atoms with Gasteiger partial charge in [0.2, 0.25) is 47.3 Å². The molecule has 0 radical (unpaired) electrons. The van der Waals surface area contributed by atoms with E-state index in [0.717, 1.165) is 31.6 Å². The van der Waals surface area contributed by atoms with Crippen LogP contribution in [0.1, 0.15) is 174 Å². The molecule has 12 atom stereocenters. The number of carbonyl (C=O) groups is 8. The Morgan fingerprint density at radius 3 is 1.40 bits per heavy atom. The maximum absolute atomic E-state index is 14.0. The second-order valence-electron chi connectivity index (χ2n) is 28.2. The molecule has 9 unspecified atom stereocenters. The summed E-state index contributed by atoms with van der Waals surface area (Å²) in [6, 6.07) is -0.840. The number of likely N-dealkylation sites (tertiary alicyclic amines) is 2. The molecule has 10 fully saturated rings. The van der Waals surface area contributed by atoms with Crippen molar-refractivity contribution in [2.24, 2.45) is 68.5 Å². The third-order valence-electron chi connectivity index (χ3n) is 19.8. The van der Waals surface area contributed by atoms with E-state index in [1.165, 1.54) is 9.80 Å². The number of hydrogen-bond acceptors (Lipinski definition) is 10. The number of nitrogens with one attached hydrogen (secondary N) is 6. The van der Waals surface area contributed by atoms with E-state index in [2.05, 4.69) is 58.7 Å². The van der Waals surface area contributed by atoms with Gasteiger partial charge in [-0.25, -0.2) is 13.2 Å². The highest BCUT2D eigenvalue weighted by Gasteiger charge is 2.76. The van der Waals surface area contributed by atoms with Crippen molar-refractivity contribution < 1.29 is 64.7 Å². The van der Waals surface area contributed by atoms with E-state index in [-0.39, 0.29) is 114 Å². The van der Waals surface area contributed by atoms with Crippen molar-refractivity contribution in [3.05, 3.63) is 0 Å². The second kappa shape index (κ2) is 24.5. The van der Waals surface area contributed by atoms with Crippen molar-refractivity contribution in [3.8, 4) is 12.1 Å². The molecular weight excluding hydrogens is 1110 g/mol. The van der Waals surface area contributed by atoms with Gasteiger partial charge in [-0.2, -0.15) is 23.7 Å². The molecule has 4 aliphatic heterocycles. The number of rotatable bonds is 15. The average molecular weight is 1210 g/mol. The summed E-state index contributed by atoms with van der Waals surface area (Å²) in [6.07, 6.45) is -0.779. The minimum atomic E-state index is -4.73. The molecule has 476 valence electrons. The molecule has 6 saturated carbocycles. The van der Waals surface area contributed by atoms with E-state index in [0.29, 0.717) is 12.8 Å². The van der Waals surface area contributed by atoms with Crippen molar-refractivity contribution in [1.82, 2.24) is 41.7 Å². The number of amides is 8. The number of nitrogens with zero attached hydrogens (tertiary/aromatic N) is 4. The lowest BCUT2D eigenvalue weighted by atomic mass is 9.67. The van der Waals surface area contributed by atoms with Crippen molar-refractivity contribution in [2.45, 2.75) is 227 Å². The molecule has 10 rings (SSSR count). The zero-order valence-electron chi connectivity index (χ0n) is 52.1. The number of nitriles is 2. The Morgan fingerprint density at radius 1 is 0.682 bits per heavy atom. The summed E-state index contributed by atoms with van der Waals surface area (Å²) < 4.78 is 81.8. The maximum Gasteiger partial charge on any atom is 0.403 e. The number of hydrogen-bond donors (Lipinski definition) is 6. The van der Waals surface area contributed by atoms with E-state index < -0.39 is 114 Å². The van der Waals surface area contributed by atoms with Crippen molar-refractivity contribution >= 4 is 47.3 Å². The first-order chi connectivity index (χ1) is 39.4. The average Bonchev–Trinajstić information content (AvgIpc) is 1.58. The zero-order valence-corrected chi connectivity index (χ0v) is 52.1. The van der Waals surface area contributed by atoms with Gasteiger partial charge in [-0.1, -0.05) is 103 Å². The third kappa shape index (κ3) is 13.4. The van der Waals surface area contributed by atoms with Gasteiger partial charge in [-0.3, -0.25) is 38.4 Å². The summed E-state index contributed by atoms with van der Waals surface area (Å²) >= 11 is 0. The Kier molecular flexibility index (Phi) is 19.7. The molecule has 18 nitrogen and oxygen atoms in total. The van der Waals surface area contributed by atoms with Crippen LogP contribution in [0, 0.1) is 91.2 Å². The van der Waals surface area contributed by atoms with Crippen LogP contribution in [0.25, 0.3) is 0 Å². The van der Waals surface area contributed by atoms with Gasteiger partial charge in [0.05, 0.1) is 18.7 Å². The van der Waals surface area contributed by atoms with Gasteiger partial charge in [0.25, 0.3) is 5.92 Å². The summed E-state index contributed by atoms with van der Waals surface area (Å²) in [5.74, 6) is -8.64. The first kappa shape index (κ1) is 68.4. The first-order valence-electron chi connectivity index (χ1n) is 30.6. The monoisotopic (exact) mass is 1210 g/mol. The van der Waals surface area contributed by atoms with Crippen LogP contribution in [0.2, 0.25) is 0 Å². The predicted octanol–water partition coefficient (Wildman–Crippen LogP) is 7.16. The third-order valence-corrected chi connectivity index (χ3v) is 19.8. The van der Waals surface area contributed by atoms with Gasteiger partial charge in [0.1, 0.15) is 47.7 Å². The molecule has 4 heterocycles. The Morgan fingerprint density at radius 2 is 1.08 bits per heavy atom. The number of halogens is 6. The van der Waals surface area contributed by atoms with Gasteiger partial charge in [-0.05, 0) is 110 Å². The summed E-state index contributed by atoms with van der Waals surface area (Å²) in [5, 5.41) is 35.4. The Hall–Kier alpha value is -5.68. The number of fused-ring (bicyclic) bond motifs is 2. The summed E-state index contributed by atoms with van der Waals surface area (Å²) in [7, 11) is 0. The van der Waals surface area contributed by atoms with E-state index in [1.807, 2.05) is 61.5 Å². The van der Waals surface area contributed by atoms with Crippen LogP contribution < -0.4 is 31.9 Å². The Balaban J connectivity index is 0.000000244. The molecule has 85 heavy (non-hydrogen) atoms. The highest BCUT2D eigenvalue weighted by Crippen LogP contribution is 2.66. The normalized spacial score (nSPS) is 31.2. The molecule has 0 aromatic carbocycles. The number of carbonyl (C=O) groups excluding carboxylic acids is 8. The van der Waals surface area contributed by atoms with Gasteiger partial charge in [0.15, 0.2) is 0 Å². The summed E-state index contributed by atoms with van der Waals surface area (Å²) in [4.78, 5) is 107. The molecule has 10 aliphatic rings. The molecule has 24 heteroatoms. The standard InChI is InChI=1S/C29H40F3N5O4.C24H30F3N5O4.C4H10.2C2H6/c1-25(2,3)20(35-24(41)28(7-6-8-28)29(30,31)32)23(40)37-14-17-18(26(17,4)5)19(37)22(39)34-16(13-33)11-15-12-27(9-10-27)36-21(15)38;1-21(2)14-9-32(15(33)8-29-20(36)23(11-25)10-24(23,26)27)17(16(14)21)19(35)30-13(7-28)5-12-6-22(3-4-22)31-18(12)34;1-4(2)3;2*1-2/h15-20H,6-12,14H2,1-5H3,(H,34,39)(H,35,41)(H,36,38);12-14,16-17H,3-6,8-11H2,1-2H3,(H,29,36)(H,30,35)(H,31,34);4H,1-3H3;2*1-2H3/t15?,16?,17?,18?,19-,20+;12?,13?,14?,16?,17-,23?;;;/m00.../s1. The predicted molar refractivity (Wildman–Crippen MR) is 301 cm³/mol. The molecule has 8 amide bonds. The number of piperidine rings is 2. The minimum absolute atomic E-state index is 0.00235. The maximum atomic E-state index is 14.0. The van der Waals surface area contributed by atoms with Gasteiger partial charge in [-0.15, -0.1) is 0 Å². The minimum Gasteiger partial charge on any atom is -0.350 e. The lowest BCUT2D eigenvalue weighted by molar-refractivity contribution is -0.243. The van der Waals surface area contributed by atoms with Crippen molar-refractivity contribution in [1.29, 1.82) is 10.5 Å². The van der Waals surface area contributed by atoms with Gasteiger partial charge >= 0.3 is 6.18 Å². The van der Waals surface area contributed by atoms with Crippen LogP contribution in [0.5, 0.6) is 0 Å². The highest BCUT2D eigenvalue weighted by molar-refractivity contribution is 5.96. The van der Waals surface area contributed by atoms with Crippen molar-refractivity contribution in [2.75, 3.05) is 26.3 Å². The van der Waals surface area contributed by atoms with E-state index in [4.69, 9.17) is 0 Å². The quantitative estimate of drug-likeness (QED) is 0.0901. The fourth-order valence-corrected chi connectivity index (χ4v) is 13.8. The molecular formula is C61H92F6N10O8. The van der Waals surface area contributed by atoms with Crippen LogP contribution >= 0.6 is 0 Å². The fourth-order valence-electron chi connectivity index (χ4n) is 13.8. The molecule has 6 N–H and O–H groups in total. The smallest absolute Gasteiger partial charge is 0.350 e. The van der Waals surface area contributed by atoms with Crippen LogP contribution in [0.3, 0.4) is 0 Å². The lowest BCUT2D eigenvalue weighted by Gasteiger charge is -2.44. The van der Waals surface area contributed by atoms with Crippen LogP contribution in [0.4, 0.5) is 26.3 Å². The van der Waals surface area contributed by atoms with Crippen LogP contribution in [0.15, 0.2) is 0 Å². The van der Waals surface area contributed by atoms with Crippen molar-refractivity contribution in [3.63, 3.8) is 0 Å². The fraction of sp³-hybridized carbons (Fsp3) is 0.836. The molecule has 4 saturated heterocycles. The molecule has 6 aliphatic carbocycles. The van der Waals surface area contributed by atoms with E-state index in [1.54, 1.807) is 20.8 Å². The second-order valence-corrected chi connectivity index (χ2v) is 28.2. The van der Waals surface area contributed by atoms with Crippen LogP contribution in [-0.4, -0.2) is 137 Å². The lowest BCUT2D eigenvalue weighted by Crippen LogP contribution is -2.63. The van der Waals surface area contributed by atoms with E-state index >= 15 is 0 Å². The molecule has 0 aromatic heterocycles. The largest absolute Gasteiger partial charge is 0.403 e. The number of alkyl halides is 6. The first-order valence-corrected chi connectivity index (χ1v) is 30.6. The van der Waals surface area contributed by atoms with E-state index in [9.17, 15) is 75.2 Å². The Bertz CT molecular complexity index is 2670. The topological polar surface area (TPSA) is 263 Å². The SMILES string of the molecule is CC.CC.CC(C)C.CC1(C)C2CN(C(=O)CNC(=O)C3(CF)CC3(F)F)[C@H](C(=O)NC(C#N)CC3CC4(CC4)NC3=O)C21.CC1(C)C2CN(C(=O)[C@@H](NC(=O)C3(C(F)(F)F)CCC3)C(C)(C)C)[C@H](C(=O)NC(C#N)CC3CC4(CC4)NC3=O)C21. The van der Waals surface area contributed by atoms with Gasteiger partial charge < -0.3 is 41.7 Å². The molecule has 0 aromatic rings. The summed E-state index contributed by atoms with van der Waals surface area (Å²) in [5.41, 5.74) is -6.63. The zero-order chi connectivity index (χ0) is 64.2. The van der Waals surface area contributed by atoms with Gasteiger partial charge in [0, 0.05) is 42.4 Å². The van der Waals surface area contributed by atoms with Crippen LogP contribution in [-0.2, 0) is 38.4 Å². The Labute approximate surface area is 496 Å². The highest BCUT2D eigenvalue weighted by atomic mass is 19.4. The molecule has 0 bridgehead atoms. The molecule has 2 spiro atoms.